The lowest BCUT2D eigenvalue weighted by Crippen LogP contribution is -2.62. The molecule has 0 N–H and O–H groups in total. The van der Waals surface area contributed by atoms with E-state index in [-0.39, 0.29) is 36.0 Å². The van der Waals surface area contributed by atoms with Gasteiger partial charge in [-0.2, -0.15) is 0 Å². The second kappa shape index (κ2) is 8.04. The van der Waals surface area contributed by atoms with Crippen LogP contribution in [0, 0.1) is 13.8 Å². The molecule has 2 saturated heterocycles. The van der Waals surface area contributed by atoms with Gasteiger partial charge in [0.25, 0.3) is 0 Å². The fourth-order valence-corrected chi connectivity index (χ4v) is 6.57. The summed E-state index contributed by atoms with van der Waals surface area (Å²) in [5.74, 6) is 0.879. The van der Waals surface area contributed by atoms with Crippen molar-refractivity contribution < 1.29 is 17.9 Å². The number of ether oxygens (including phenoxy) is 1. The maximum absolute atomic E-state index is 13.2. The number of sulfone groups is 1. The van der Waals surface area contributed by atoms with E-state index in [2.05, 4.69) is 0 Å². The maximum Gasteiger partial charge on any atom is 0.241 e. The molecule has 0 aromatic heterocycles. The quantitative estimate of drug-likeness (QED) is 0.732. The van der Waals surface area contributed by atoms with Crippen LogP contribution in [-0.2, 0) is 21.1 Å². The normalized spacial score (nSPS) is 23.4. The Balaban J connectivity index is 1.60. The highest BCUT2D eigenvalue weighted by Gasteiger charge is 2.49. The molecule has 6 nitrogen and oxygen atoms in total. The molecule has 2 fully saturated rings. The molecule has 0 unspecified atom stereocenters. The van der Waals surface area contributed by atoms with E-state index in [1.807, 2.05) is 61.2 Å². The van der Waals surface area contributed by atoms with Gasteiger partial charge in [-0.3, -0.25) is 9.69 Å². The van der Waals surface area contributed by atoms with Crippen molar-refractivity contribution in [2.75, 3.05) is 36.6 Å². The topological polar surface area (TPSA) is 66.9 Å². The van der Waals surface area contributed by atoms with Gasteiger partial charge in [-0.15, -0.1) is 0 Å². The number of methoxy groups -OCH3 is 1. The Morgan fingerprint density at radius 2 is 1.77 bits per heavy atom. The van der Waals surface area contributed by atoms with Crippen LogP contribution in [0.15, 0.2) is 42.5 Å². The van der Waals surface area contributed by atoms with Crippen molar-refractivity contribution in [3.8, 4) is 5.75 Å². The van der Waals surface area contributed by atoms with Crippen molar-refractivity contribution in [1.29, 1.82) is 0 Å². The number of benzene rings is 2. The number of piperazine rings is 1. The number of aryl methyl sites for hydroxylation is 2. The number of hydrogen-bond donors (Lipinski definition) is 0. The standard InChI is InChI=1S/C23H28N2O4S/c1-16-8-9-19(12-17(16)2)25-21-15-30(27,28)14-20(21)24(13-23(25)26)11-10-18-6-4-5-7-22(18)29-3/h4-9,12,20-21H,10-11,13-15H2,1-3H3/t20-,21+/m0/s1. The van der Waals surface area contributed by atoms with Gasteiger partial charge in [0, 0.05) is 18.3 Å². The third-order valence-electron chi connectivity index (χ3n) is 6.33. The molecule has 2 aromatic rings. The molecule has 0 spiro atoms. The lowest BCUT2D eigenvalue weighted by atomic mass is 10.0. The Hall–Kier alpha value is -2.38. The smallest absolute Gasteiger partial charge is 0.241 e. The summed E-state index contributed by atoms with van der Waals surface area (Å²) in [7, 11) is -1.56. The second-order valence-corrected chi connectivity index (χ2v) is 10.4. The molecule has 7 heteroatoms. The minimum absolute atomic E-state index is 0.0154. The first-order valence-corrected chi connectivity index (χ1v) is 12.1. The monoisotopic (exact) mass is 428 g/mol. The largest absolute Gasteiger partial charge is 0.496 e. The lowest BCUT2D eigenvalue weighted by molar-refractivity contribution is -0.123. The molecule has 2 atom stereocenters. The molecule has 2 aliphatic heterocycles. The molecule has 4 rings (SSSR count). The predicted octanol–water partition coefficient (Wildman–Crippen LogP) is 2.37. The number of para-hydroxylation sites is 1. The van der Waals surface area contributed by atoms with E-state index in [1.165, 1.54) is 0 Å². The number of carbonyl (C=O) groups is 1. The molecule has 0 radical (unpaired) electrons. The number of anilines is 1. The van der Waals surface area contributed by atoms with Crippen LogP contribution in [0.25, 0.3) is 0 Å². The molecule has 0 aliphatic carbocycles. The van der Waals surface area contributed by atoms with Crippen LogP contribution in [0.2, 0.25) is 0 Å². The zero-order valence-electron chi connectivity index (χ0n) is 17.7. The van der Waals surface area contributed by atoms with Crippen LogP contribution in [0.4, 0.5) is 5.69 Å². The summed E-state index contributed by atoms with van der Waals surface area (Å²) in [4.78, 5) is 16.9. The van der Waals surface area contributed by atoms with E-state index < -0.39 is 9.84 Å². The predicted molar refractivity (Wildman–Crippen MR) is 118 cm³/mol. The Bertz CT molecular complexity index is 1070. The van der Waals surface area contributed by atoms with E-state index in [4.69, 9.17) is 4.74 Å². The highest BCUT2D eigenvalue weighted by molar-refractivity contribution is 7.91. The summed E-state index contributed by atoms with van der Waals surface area (Å²) in [6.45, 7) is 4.87. The maximum atomic E-state index is 13.2. The van der Waals surface area contributed by atoms with Crippen molar-refractivity contribution in [1.82, 2.24) is 4.90 Å². The summed E-state index contributed by atoms with van der Waals surface area (Å²) in [6.07, 6.45) is 0.699. The number of fused-ring (bicyclic) bond motifs is 1. The fourth-order valence-electron chi connectivity index (χ4n) is 4.59. The van der Waals surface area contributed by atoms with Crippen molar-refractivity contribution in [2.24, 2.45) is 0 Å². The van der Waals surface area contributed by atoms with E-state index >= 15 is 0 Å². The first-order chi connectivity index (χ1) is 14.3. The van der Waals surface area contributed by atoms with Crippen LogP contribution in [0.5, 0.6) is 5.75 Å². The average Bonchev–Trinajstić information content (AvgIpc) is 3.03. The van der Waals surface area contributed by atoms with Gasteiger partial charge in [-0.25, -0.2) is 8.42 Å². The molecule has 1 amide bonds. The third kappa shape index (κ3) is 3.96. The summed E-state index contributed by atoms with van der Waals surface area (Å²) in [5.41, 5.74) is 4.09. The molecular weight excluding hydrogens is 400 g/mol. The van der Waals surface area contributed by atoms with Gasteiger partial charge < -0.3 is 9.64 Å². The third-order valence-corrected chi connectivity index (χ3v) is 8.03. The molecule has 2 aliphatic rings. The van der Waals surface area contributed by atoms with Crippen LogP contribution < -0.4 is 9.64 Å². The van der Waals surface area contributed by atoms with Gasteiger partial charge in [0.05, 0.1) is 31.2 Å². The van der Waals surface area contributed by atoms with Crippen molar-refractivity contribution >= 4 is 21.4 Å². The van der Waals surface area contributed by atoms with Crippen LogP contribution in [-0.4, -0.2) is 63.0 Å². The number of amides is 1. The van der Waals surface area contributed by atoms with Crippen LogP contribution >= 0.6 is 0 Å². The Morgan fingerprint density at radius 1 is 1.03 bits per heavy atom. The minimum atomic E-state index is -3.20. The molecule has 2 aromatic carbocycles. The fraction of sp³-hybridized carbons (Fsp3) is 0.435. The SMILES string of the molecule is COc1ccccc1CCN1CC(=O)N(c2ccc(C)c(C)c2)[C@@H]2CS(=O)(=O)C[C@@H]21. The average molecular weight is 429 g/mol. The zero-order chi connectivity index (χ0) is 21.5. The minimum Gasteiger partial charge on any atom is -0.496 e. The van der Waals surface area contributed by atoms with Crippen molar-refractivity contribution in [3.63, 3.8) is 0 Å². The molecular formula is C23H28N2O4S. The van der Waals surface area contributed by atoms with E-state index in [0.717, 1.165) is 28.1 Å². The molecule has 2 heterocycles. The van der Waals surface area contributed by atoms with Gasteiger partial charge in [0.2, 0.25) is 5.91 Å². The number of nitrogens with zero attached hydrogens (tertiary/aromatic N) is 2. The van der Waals surface area contributed by atoms with Crippen LogP contribution in [0.3, 0.4) is 0 Å². The Kier molecular flexibility index (Phi) is 5.59. The highest BCUT2D eigenvalue weighted by Crippen LogP contribution is 2.33. The first kappa shape index (κ1) is 20.9. The second-order valence-electron chi connectivity index (χ2n) is 8.28. The van der Waals surface area contributed by atoms with Crippen molar-refractivity contribution in [3.05, 3.63) is 59.2 Å². The lowest BCUT2D eigenvalue weighted by Gasteiger charge is -2.43. The number of rotatable bonds is 5. The summed E-state index contributed by atoms with van der Waals surface area (Å²) >= 11 is 0. The van der Waals surface area contributed by atoms with Gasteiger partial charge >= 0.3 is 0 Å². The molecule has 0 bridgehead atoms. The zero-order valence-corrected chi connectivity index (χ0v) is 18.5. The van der Waals surface area contributed by atoms with E-state index in [1.54, 1.807) is 12.0 Å². The van der Waals surface area contributed by atoms with Gasteiger partial charge in [-0.05, 0) is 55.2 Å². The van der Waals surface area contributed by atoms with E-state index in [9.17, 15) is 13.2 Å². The highest BCUT2D eigenvalue weighted by atomic mass is 32.2. The van der Waals surface area contributed by atoms with Crippen molar-refractivity contribution in [2.45, 2.75) is 32.4 Å². The van der Waals surface area contributed by atoms with E-state index in [0.29, 0.717) is 13.0 Å². The molecule has 0 saturated carbocycles. The number of carbonyl (C=O) groups excluding carboxylic acids is 1. The van der Waals surface area contributed by atoms with Gasteiger partial charge in [-0.1, -0.05) is 24.3 Å². The summed E-state index contributed by atoms with van der Waals surface area (Å²) < 4.78 is 30.5. The van der Waals surface area contributed by atoms with Gasteiger partial charge in [0.1, 0.15) is 5.75 Å². The molecule has 30 heavy (non-hydrogen) atoms. The number of hydrogen-bond acceptors (Lipinski definition) is 5. The first-order valence-electron chi connectivity index (χ1n) is 10.2. The van der Waals surface area contributed by atoms with Crippen LogP contribution in [0.1, 0.15) is 16.7 Å². The summed E-state index contributed by atoms with van der Waals surface area (Å²) in [6, 6.07) is 13.2. The summed E-state index contributed by atoms with van der Waals surface area (Å²) in [5, 5.41) is 0. The Labute approximate surface area is 178 Å². The van der Waals surface area contributed by atoms with Gasteiger partial charge in [0.15, 0.2) is 9.84 Å². The molecule has 160 valence electrons. The Morgan fingerprint density at radius 3 is 2.50 bits per heavy atom.